The monoisotopic (exact) mass is 617 g/mol. The molecule has 0 aliphatic heterocycles. The van der Waals surface area contributed by atoms with Crippen LogP contribution in [0, 0.1) is 5.92 Å². The molecule has 4 aromatic rings. The summed E-state index contributed by atoms with van der Waals surface area (Å²) in [5.41, 5.74) is 1.82. The number of halogens is 4. The zero-order valence-corrected chi connectivity index (χ0v) is 24.2. The highest BCUT2D eigenvalue weighted by atomic mass is 35.5. The van der Waals surface area contributed by atoms with E-state index in [4.69, 9.17) is 35.9 Å². The molecule has 0 spiro atoms. The Kier molecular flexibility index (Phi) is 10.1. The molecule has 228 valence electrons. The van der Waals surface area contributed by atoms with E-state index < -0.39 is 12.1 Å². The van der Waals surface area contributed by atoms with Crippen molar-refractivity contribution in [2.75, 3.05) is 30.9 Å². The minimum Gasteiger partial charge on any atom is -0.475 e. The van der Waals surface area contributed by atoms with Crippen LogP contribution in [0.25, 0.3) is 22.2 Å². The summed E-state index contributed by atoms with van der Waals surface area (Å²) in [6.45, 7) is 0.639. The van der Waals surface area contributed by atoms with E-state index in [0.717, 1.165) is 48.0 Å². The second-order valence-corrected chi connectivity index (χ2v) is 10.8. The van der Waals surface area contributed by atoms with Crippen LogP contribution >= 0.6 is 11.6 Å². The number of hydrogen-bond acceptors (Lipinski definition) is 7. The Bertz CT molecular complexity index is 1550. The number of nitrogens with one attached hydrogen (secondary N) is 2. The van der Waals surface area contributed by atoms with Gasteiger partial charge in [-0.2, -0.15) is 18.2 Å². The molecule has 0 unspecified atom stereocenters. The normalized spacial score (nSPS) is 16.6. The number of anilines is 2. The van der Waals surface area contributed by atoms with E-state index >= 15 is 0 Å². The third kappa shape index (κ3) is 8.60. The summed E-state index contributed by atoms with van der Waals surface area (Å²) in [5, 5.41) is 15.4. The molecule has 2 aromatic heterocycles. The first-order valence-electron chi connectivity index (χ1n) is 13.6. The number of aromatic nitrogens is 2. The average Bonchev–Trinajstić information content (AvgIpc) is 3.47. The van der Waals surface area contributed by atoms with Crippen LogP contribution in [0.3, 0.4) is 0 Å². The maximum atomic E-state index is 12.6. The Morgan fingerprint density at radius 1 is 1.00 bits per heavy atom. The van der Waals surface area contributed by atoms with Crippen molar-refractivity contribution in [2.45, 2.75) is 37.9 Å². The van der Waals surface area contributed by atoms with Crippen LogP contribution in [0.15, 0.2) is 65.1 Å². The fourth-order valence-electron chi connectivity index (χ4n) is 4.71. The largest absolute Gasteiger partial charge is 0.490 e. The van der Waals surface area contributed by atoms with E-state index in [1.165, 1.54) is 0 Å². The smallest absolute Gasteiger partial charge is 0.475 e. The highest BCUT2D eigenvalue weighted by molar-refractivity contribution is 6.30. The number of amides is 1. The van der Waals surface area contributed by atoms with Gasteiger partial charge in [-0.1, -0.05) is 23.7 Å². The van der Waals surface area contributed by atoms with Crippen LogP contribution in [-0.2, 0) is 4.79 Å². The third-order valence-corrected chi connectivity index (χ3v) is 7.19. The Morgan fingerprint density at radius 2 is 1.65 bits per heavy atom. The molecular formula is C30H31ClF3N5O4. The van der Waals surface area contributed by atoms with Gasteiger partial charge in [-0.25, -0.2) is 9.78 Å². The van der Waals surface area contributed by atoms with Crippen molar-refractivity contribution in [3.05, 3.63) is 71.4 Å². The molecule has 13 heteroatoms. The Hall–Kier alpha value is -4.32. The number of carbonyl (C=O) groups is 2. The fraction of sp³-hybridized carbons (Fsp3) is 0.333. The van der Waals surface area contributed by atoms with Gasteiger partial charge in [0.1, 0.15) is 11.6 Å². The summed E-state index contributed by atoms with van der Waals surface area (Å²) in [7, 11) is 4.00. The molecule has 1 saturated carbocycles. The molecule has 9 nitrogen and oxygen atoms in total. The Balaban J connectivity index is 0.000000541. The second kappa shape index (κ2) is 13.8. The number of fused-ring (bicyclic) bond motifs is 1. The van der Waals surface area contributed by atoms with Gasteiger partial charge in [0.25, 0.3) is 5.91 Å². The van der Waals surface area contributed by atoms with Gasteiger partial charge in [-0.3, -0.25) is 4.79 Å². The minimum atomic E-state index is -5.08. The van der Waals surface area contributed by atoms with Gasteiger partial charge < -0.3 is 25.1 Å². The summed E-state index contributed by atoms with van der Waals surface area (Å²) >= 11 is 5.95. The first-order chi connectivity index (χ1) is 20.4. The first kappa shape index (κ1) is 31.6. The van der Waals surface area contributed by atoms with E-state index in [2.05, 4.69) is 16.7 Å². The zero-order valence-electron chi connectivity index (χ0n) is 23.5. The van der Waals surface area contributed by atoms with Gasteiger partial charge in [0.05, 0.1) is 5.52 Å². The molecule has 1 aliphatic carbocycles. The van der Waals surface area contributed by atoms with E-state index in [9.17, 15) is 18.0 Å². The molecule has 1 aliphatic rings. The number of benzene rings is 2. The molecule has 0 bridgehead atoms. The number of furan rings is 1. The van der Waals surface area contributed by atoms with Crippen LogP contribution in [0.2, 0.25) is 5.02 Å². The average molecular weight is 618 g/mol. The van der Waals surface area contributed by atoms with Gasteiger partial charge in [0.15, 0.2) is 5.76 Å². The molecule has 43 heavy (non-hydrogen) atoms. The Labute approximate surface area is 251 Å². The summed E-state index contributed by atoms with van der Waals surface area (Å²) in [4.78, 5) is 33.0. The lowest BCUT2D eigenvalue weighted by Crippen LogP contribution is -2.34. The highest BCUT2D eigenvalue weighted by Crippen LogP contribution is 2.29. The van der Waals surface area contributed by atoms with Crippen molar-refractivity contribution in [3.63, 3.8) is 0 Å². The highest BCUT2D eigenvalue weighted by Gasteiger charge is 2.38. The van der Waals surface area contributed by atoms with E-state index in [1.807, 2.05) is 55.4 Å². The maximum absolute atomic E-state index is 12.6. The lowest BCUT2D eigenvalue weighted by Gasteiger charge is -2.29. The lowest BCUT2D eigenvalue weighted by atomic mass is 9.86. The third-order valence-electron chi connectivity index (χ3n) is 6.94. The van der Waals surface area contributed by atoms with Crippen molar-refractivity contribution in [2.24, 2.45) is 5.92 Å². The molecule has 3 N–H and O–H groups in total. The van der Waals surface area contributed by atoms with Crippen molar-refractivity contribution >= 4 is 46.1 Å². The molecule has 0 radical (unpaired) electrons. The number of carbonyl (C=O) groups excluding carboxylic acids is 1. The molecule has 5 rings (SSSR count). The molecule has 2 aromatic carbocycles. The quantitative estimate of drug-likeness (QED) is 0.211. The molecule has 0 saturated heterocycles. The van der Waals surface area contributed by atoms with E-state index in [0.29, 0.717) is 41.0 Å². The fourth-order valence-corrected chi connectivity index (χ4v) is 4.84. The summed E-state index contributed by atoms with van der Waals surface area (Å²) in [5.74, 6) is 0.0496. The van der Waals surface area contributed by atoms with Crippen LogP contribution < -0.4 is 15.5 Å². The standard InChI is InChI=1S/C28H30ClN5O2.C2HF3O2/c1-34(2)26-22-5-3-4-6-23(22)32-28(33-26)31-21-13-7-18(8-14-21)17-30-27(35)25-16-15-24(36-25)19-9-11-20(29)12-10-19;3-2(4,5)1(6)7/h3-6,9-12,15-16,18,21H,7-8,13-14,17H2,1-2H3,(H,30,35)(H,31,32,33);(H,6,7). The molecule has 1 amide bonds. The number of carboxylic acid groups (broad SMARTS) is 1. The van der Waals surface area contributed by atoms with Crippen molar-refractivity contribution in [1.29, 1.82) is 0 Å². The van der Waals surface area contributed by atoms with Gasteiger partial charge in [-0.15, -0.1) is 0 Å². The molecule has 0 atom stereocenters. The van der Waals surface area contributed by atoms with E-state index in [-0.39, 0.29) is 5.91 Å². The number of aliphatic carboxylic acids is 1. The topological polar surface area (TPSA) is 121 Å². The number of hydrogen-bond donors (Lipinski definition) is 3. The first-order valence-corrected chi connectivity index (χ1v) is 13.9. The van der Waals surface area contributed by atoms with Gasteiger partial charge in [0.2, 0.25) is 5.95 Å². The second-order valence-electron chi connectivity index (χ2n) is 10.3. The van der Waals surface area contributed by atoms with Crippen LogP contribution in [0.1, 0.15) is 36.2 Å². The molecule has 2 heterocycles. The van der Waals surface area contributed by atoms with E-state index in [1.54, 1.807) is 18.2 Å². The minimum absolute atomic E-state index is 0.184. The summed E-state index contributed by atoms with van der Waals surface area (Å²) < 4.78 is 37.5. The predicted molar refractivity (Wildman–Crippen MR) is 158 cm³/mol. The Morgan fingerprint density at radius 3 is 2.28 bits per heavy atom. The predicted octanol–water partition coefficient (Wildman–Crippen LogP) is 6.64. The molecular weight excluding hydrogens is 587 g/mol. The number of rotatable bonds is 7. The lowest BCUT2D eigenvalue weighted by molar-refractivity contribution is -0.192. The maximum Gasteiger partial charge on any atom is 0.490 e. The van der Waals surface area contributed by atoms with Gasteiger partial charge in [0, 0.05) is 42.7 Å². The number of carboxylic acids is 1. The zero-order chi connectivity index (χ0) is 31.1. The van der Waals surface area contributed by atoms with Crippen molar-refractivity contribution < 1.29 is 32.3 Å². The van der Waals surface area contributed by atoms with Gasteiger partial charge >= 0.3 is 12.1 Å². The summed E-state index contributed by atoms with van der Waals surface area (Å²) in [6.07, 6.45) is -1.01. The molecule has 1 fully saturated rings. The van der Waals surface area contributed by atoms with Crippen molar-refractivity contribution in [3.8, 4) is 11.3 Å². The number of para-hydroxylation sites is 1. The van der Waals surface area contributed by atoms with Crippen molar-refractivity contribution in [1.82, 2.24) is 15.3 Å². The van der Waals surface area contributed by atoms with Gasteiger partial charge in [-0.05, 0) is 80.1 Å². The van der Waals surface area contributed by atoms with Crippen LogP contribution in [0.5, 0.6) is 0 Å². The van der Waals surface area contributed by atoms with Crippen LogP contribution in [0.4, 0.5) is 24.9 Å². The number of nitrogens with zero attached hydrogens (tertiary/aromatic N) is 3. The number of alkyl halides is 3. The summed E-state index contributed by atoms with van der Waals surface area (Å²) in [6, 6.07) is 19.3. The van der Waals surface area contributed by atoms with Crippen LogP contribution in [-0.4, -0.2) is 59.8 Å². The SMILES string of the molecule is CN(C)c1nc(NC2CCC(CNC(=O)c3ccc(-c4ccc(Cl)cc4)o3)CC2)nc2ccccc12.O=C(O)C(F)(F)F.